The third-order valence-electron chi connectivity index (χ3n) is 4.99. The summed E-state index contributed by atoms with van der Waals surface area (Å²) in [4.78, 5) is 39.5. The molecule has 1 aliphatic heterocycles. The van der Waals surface area contributed by atoms with E-state index in [2.05, 4.69) is 0 Å². The number of amides is 2. The van der Waals surface area contributed by atoms with Gasteiger partial charge in [-0.1, -0.05) is 54.6 Å². The zero-order valence-electron chi connectivity index (χ0n) is 17.0. The second-order valence-corrected chi connectivity index (χ2v) is 7.21. The zero-order chi connectivity index (χ0) is 21.8. The van der Waals surface area contributed by atoms with Gasteiger partial charge < -0.3 is 9.47 Å². The molecule has 0 aliphatic carbocycles. The second-order valence-electron chi connectivity index (χ2n) is 7.21. The Balaban J connectivity index is 1.51. The third kappa shape index (κ3) is 4.48. The van der Waals surface area contributed by atoms with E-state index in [1.807, 2.05) is 30.3 Å². The van der Waals surface area contributed by atoms with Gasteiger partial charge in [-0.25, -0.2) is 0 Å². The summed E-state index contributed by atoms with van der Waals surface area (Å²) >= 11 is 0. The molecule has 1 heterocycles. The number of para-hydroxylation sites is 1. The van der Waals surface area contributed by atoms with Crippen molar-refractivity contribution in [3.63, 3.8) is 0 Å². The van der Waals surface area contributed by atoms with Gasteiger partial charge in [0.25, 0.3) is 11.8 Å². The van der Waals surface area contributed by atoms with Crippen LogP contribution in [0.4, 0.5) is 0 Å². The lowest BCUT2D eigenvalue weighted by Gasteiger charge is -2.19. The Morgan fingerprint density at radius 1 is 0.968 bits per heavy atom. The van der Waals surface area contributed by atoms with E-state index < -0.39 is 17.9 Å². The van der Waals surface area contributed by atoms with Crippen molar-refractivity contribution in [1.29, 1.82) is 0 Å². The van der Waals surface area contributed by atoms with E-state index in [0.29, 0.717) is 23.7 Å². The lowest BCUT2D eigenvalue weighted by Crippen LogP contribution is -2.44. The summed E-state index contributed by atoms with van der Waals surface area (Å²) < 4.78 is 11.4. The molecule has 0 bridgehead atoms. The molecule has 3 aromatic rings. The van der Waals surface area contributed by atoms with E-state index >= 15 is 0 Å². The standard InChI is InChI=1S/C25H21NO5/c1-17-24(28)26(25(29)21-12-5-6-13-23(21)31-17)15-22(27)19-10-7-11-20(14-19)30-16-18-8-3-2-4-9-18/h2-14,17H,15-16H2,1H3/t17-/m1/s1. The Kier molecular flexibility index (Phi) is 5.80. The van der Waals surface area contributed by atoms with Gasteiger partial charge >= 0.3 is 0 Å². The topological polar surface area (TPSA) is 72.9 Å². The smallest absolute Gasteiger partial charge is 0.270 e. The number of benzene rings is 3. The minimum absolute atomic E-state index is 0.257. The highest BCUT2D eigenvalue weighted by atomic mass is 16.5. The average molecular weight is 415 g/mol. The van der Waals surface area contributed by atoms with E-state index in [9.17, 15) is 14.4 Å². The van der Waals surface area contributed by atoms with Crippen molar-refractivity contribution in [3.8, 4) is 11.5 Å². The molecule has 156 valence electrons. The normalized spacial score (nSPS) is 15.6. The summed E-state index contributed by atoms with van der Waals surface area (Å²) in [5, 5.41) is 0. The minimum Gasteiger partial charge on any atom is -0.489 e. The minimum atomic E-state index is -0.874. The van der Waals surface area contributed by atoms with Crippen molar-refractivity contribution >= 4 is 17.6 Å². The van der Waals surface area contributed by atoms with Crippen LogP contribution in [-0.4, -0.2) is 35.1 Å². The van der Waals surface area contributed by atoms with Crippen LogP contribution in [0.2, 0.25) is 0 Å². The predicted octanol–water partition coefficient (Wildman–Crippen LogP) is 3.90. The Bertz CT molecular complexity index is 1130. The molecule has 1 atom stereocenters. The van der Waals surface area contributed by atoms with Crippen LogP contribution in [0.3, 0.4) is 0 Å². The number of nitrogens with zero attached hydrogens (tertiary/aromatic N) is 1. The summed E-state index contributed by atoms with van der Waals surface area (Å²) in [5.41, 5.74) is 1.62. The molecule has 0 saturated heterocycles. The van der Waals surface area contributed by atoms with Crippen molar-refractivity contribution in [2.75, 3.05) is 6.54 Å². The Morgan fingerprint density at radius 3 is 2.52 bits per heavy atom. The molecule has 0 fully saturated rings. The molecular weight excluding hydrogens is 394 g/mol. The molecule has 0 aromatic heterocycles. The molecule has 0 unspecified atom stereocenters. The Hall–Kier alpha value is -3.93. The van der Waals surface area contributed by atoms with E-state index in [-0.39, 0.29) is 17.9 Å². The fraction of sp³-hybridized carbons (Fsp3) is 0.160. The number of hydrogen-bond donors (Lipinski definition) is 0. The molecule has 0 spiro atoms. The summed E-state index contributed by atoms with van der Waals surface area (Å²) in [6.45, 7) is 1.56. The highest BCUT2D eigenvalue weighted by molar-refractivity contribution is 6.12. The van der Waals surface area contributed by atoms with Gasteiger partial charge in [0, 0.05) is 5.56 Å². The molecule has 31 heavy (non-hydrogen) atoms. The van der Waals surface area contributed by atoms with Crippen molar-refractivity contribution in [3.05, 3.63) is 95.6 Å². The quantitative estimate of drug-likeness (QED) is 0.451. The number of hydrogen-bond acceptors (Lipinski definition) is 5. The van der Waals surface area contributed by atoms with Crippen LogP contribution in [0.5, 0.6) is 11.5 Å². The maximum Gasteiger partial charge on any atom is 0.270 e. The third-order valence-corrected chi connectivity index (χ3v) is 4.99. The summed E-state index contributed by atoms with van der Waals surface area (Å²) in [6.07, 6.45) is -0.874. The maximum atomic E-state index is 12.9. The maximum absolute atomic E-state index is 12.9. The van der Waals surface area contributed by atoms with E-state index in [1.54, 1.807) is 55.5 Å². The largest absolute Gasteiger partial charge is 0.489 e. The van der Waals surface area contributed by atoms with Crippen LogP contribution in [0.25, 0.3) is 0 Å². The first kappa shape index (κ1) is 20.3. The van der Waals surface area contributed by atoms with Crippen molar-refractivity contribution < 1.29 is 23.9 Å². The van der Waals surface area contributed by atoms with Crippen LogP contribution >= 0.6 is 0 Å². The lowest BCUT2D eigenvalue weighted by molar-refractivity contribution is -0.134. The molecule has 6 heteroatoms. The summed E-state index contributed by atoms with van der Waals surface area (Å²) in [6, 6.07) is 23.0. The molecule has 6 nitrogen and oxygen atoms in total. The number of ketones is 1. The van der Waals surface area contributed by atoms with Gasteiger partial charge in [-0.2, -0.15) is 0 Å². The van der Waals surface area contributed by atoms with Crippen LogP contribution in [0.1, 0.15) is 33.2 Å². The Morgan fingerprint density at radius 2 is 1.71 bits per heavy atom. The highest BCUT2D eigenvalue weighted by Crippen LogP contribution is 2.26. The van der Waals surface area contributed by atoms with Crippen LogP contribution in [-0.2, 0) is 11.4 Å². The number of ether oxygens (including phenoxy) is 2. The highest BCUT2D eigenvalue weighted by Gasteiger charge is 2.35. The fourth-order valence-electron chi connectivity index (χ4n) is 3.34. The molecule has 2 amide bonds. The lowest BCUT2D eigenvalue weighted by atomic mass is 10.1. The molecule has 1 aliphatic rings. The van der Waals surface area contributed by atoms with Gasteiger partial charge in [-0.3, -0.25) is 19.3 Å². The van der Waals surface area contributed by atoms with E-state index in [4.69, 9.17) is 9.47 Å². The van der Waals surface area contributed by atoms with Crippen LogP contribution < -0.4 is 9.47 Å². The van der Waals surface area contributed by atoms with Gasteiger partial charge in [-0.05, 0) is 36.8 Å². The summed E-state index contributed by atoms with van der Waals surface area (Å²) in [7, 11) is 0. The van der Waals surface area contributed by atoms with E-state index in [0.717, 1.165) is 10.5 Å². The van der Waals surface area contributed by atoms with Gasteiger partial charge in [0.1, 0.15) is 18.1 Å². The van der Waals surface area contributed by atoms with Gasteiger partial charge in [0.05, 0.1) is 12.1 Å². The van der Waals surface area contributed by atoms with Crippen molar-refractivity contribution in [2.24, 2.45) is 0 Å². The first-order valence-corrected chi connectivity index (χ1v) is 9.94. The zero-order valence-corrected chi connectivity index (χ0v) is 17.0. The molecule has 0 saturated carbocycles. The van der Waals surface area contributed by atoms with Gasteiger partial charge in [-0.15, -0.1) is 0 Å². The average Bonchev–Trinajstić information content (AvgIpc) is 2.89. The van der Waals surface area contributed by atoms with Crippen LogP contribution in [0.15, 0.2) is 78.9 Å². The molecule has 0 N–H and O–H groups in total. The molecular formula is C25H21NO5. The SMILES string of the molecule is C[C@H]1Oc2ccccc2C(=O)N(CC(=O)c2cccc(OCc3ccccc3)c2)C1=O. The number of Topliss-reactive ketones (excluding diaryl/α,β-unsaturated/α-hetero) is 1. The first-order valence-electron chi connectivity index (χ1n) is 9.94. The molecule has 0 radical (unpaired) electrons. The molecule has 3 aromatic carbocycles. The number of imide groups is 1. The number of carbonyl (C=O) groups is 3. The van der Waals surface area contributed by atoms with Crippen molar-refractivity contribution in [2.45, 2.75) is 19.6 Å². The van der Waals surface area contributed by atoms with Gasteiger partial charge in [0.15, 0.2) is 11.9 Å². The first-order chi connectivity index (χ1) is 15.0. The number of carbonyl (C=O) groups excluding carboxylic acids is 3. The predicted molar refractivity (Wildman–Crippen MR) is 114 cm³/mol. The monoisotopic (exact) mass is 415 g/mol. The fourth-order valence-corrected chi connectivity index (χ4v) is 3.34. The number of rotatable bonds is 6. The summed E-state index contributed by atoms with van der Waals surface area (Å²) in [5.74, 6) is -0.593. The van der Waals surface area contributed by atoms with Gasteiger partial charge in [0.2, 0.25) is 0 Å². The van der Waals surface area contributed by atoms with Crippen LogP contribution in [0, 0.1) is 0 Å². The number of fused-ring (bicyclic) bond motifs is 1. The molecule has 4 rings (SSSR count). The Labute approximate surface area is 180 Å². The second kappa shape index (κ2) is 8.83. The van der Waals surface area contributed by atoms with E-state index in [1.165, 1.54) is 0 Å². The van der Waals surface area contributed by atoms with Crippen molar-refractivity contribution in [1.82, 2.24) is 4.90 Å².